The van der Waals surface area contributed by atoms with Crippen LogP contribution in [0.4, 0.5) is 4.39 Å². The van der Waals surface area contributed by atoms with E-state index in [-0.39, 0.29) is 5.02 Å². The number of benzene rings is 1. The number of hydrogen-bond donors (Lipinski definition) is 0. The highest BCUT2D eigenvalue weighted by atomic mass is 35.5. The Balaban J connectivity index is 2.45. The highest BCUT2D eigenvalue weighted by Gasteiger charge is 2.13. The van der Waals surface area contributed by atoms with E-state index < -0.39 is 5.82 Å². The van der Waals surface area contributed by atoms with E-state index in [1.165, 1.54) is 12.1 Å². The minimum absolute atomic E-state index is 0.0211. The highest BCUT2D eigenvalue weighted by molar-refractivity contribution is 6.31. The first-order valence-corrected chi connectivity index (χ1v) is 6.37. The van der Waals surface area contributed by atoms with Crippen molar-refractivity contribution in [2.75, 3.05) is 0 Å². The monoisotopic (exact) mass is 280 g/mol. The molecule has 19 heavy (non-hydrogen) atoms. The fraction of sp³-hybridized carbons (Fsp3) is 0.286. The first-order valence-electron chi connectivity index (χ1n) is 5.99. The first-order chi connectivity index (χ1) is 9.01. The van der Waals surface area contributed by atoms with E-state index >= 15 is 0 Å². The molecule has 0 amide bonds. The molecule has 3 nitrogen and oxygen atoms in total. The number of carbonyl (C=O) groups excluding carboxylic acids is 1. The number of carbonyl (C=O) groups is 1. The average Bonchev–Trinajstić information content (AvgIpc) is 2.74. The molecule has 1 heterocycles. The third-order valence-corrected chi connectivity index (χ3v) is 2.95. The van der Waals surface area contributed by atoms with Crippen LogP contribution in [-0.2, 0) is 6.54 Å². The Bertz CT molecular complexity index is 607. The molecule has 100 valence electrons. The Hall–Kier alpha value is -1.68. The fourth-order valence-corrected chi connectivity index (χ4v) is 2.04. The molecule has 1 aromatic heterocycles. The van der Waals surface area contributed by atoms with E-state index in [1.54, 1.807) is 16.9 Å². The summed E-state index contributed by atoms with van der Waals surface area (Å²) in [4.78, 5) is 11.1. The minimum Gasteiger partial charge on any atom is -0.298 e. The summed E-state index contributed by atoms with van der Waals surface area (Å²) in [6, 6.07) is 4.32. The second-order valence-electron chi connectivity index (χ2n) is 4.80. The van der Waals surface area contributed by atoms with Gasteiger partial charge in [-0.05, 0) is 24.1 Å². The van der Waals surface area contributed by atoms with Gasteiger partial charge in [0, 0.05) is 18.3 Å². The van der Waals surface area contributed by atoms with Crippen LogP contribution in [-0.4, -0.2) is 16.1 Å². The number of hydrogen-bond acceptors (Lipinski definition) is 2. The van der Waals surface area contributed by atoms with Gasteiger partial charge in [0.05, 0.1) is 10.6 Å². The van der Waals surface area contributed by atoms with Gasteiger partial charge in [-0.15, -0.1) is 0 Å². The highest BCUT2D eigenvalue weighted by Crippen LogP contribution is 2.26. The zero-order valence-electron chi connectivity index (χ0n) is 10.7. The Labute approximate surface area is 116 Å². The van der Waals surface area contributed by atoms with Gasteiger partial charge >= 0.3 is 0 Å². The van der Waals surface area contributed by atoms with Crippen LogP contribution in [0.5, 0.6) is 0 Å². The fourth-order valence-electron chi connectivity index (χ4n) is 1.86. The molecule has 0 unspecified atom stereocenters. The van der Waals surface area contributed by atoms with Crippen LogP contribution in [0.15, 0.2) is 24.4 Å². The maximum atomic E-state index is 13.1. The van der Waals surface area contributed by atoms with Crippen molar-refractivity contribution in [3.63, 3.8) is 0 Å². The van der Waals surface area contributed by atoms with Gasteiger partial charge in [-0.3, -0.25) is 9.48 Å². The number of nitrogens with zero attached hydrogens (tertiary/aromatic N) is 2. The molecule has 0 saturated carbocycles. The molecule has 0 aliphatic heterocycles. The molecular formula is C14H14ClFN2O. The molecule has 1 aromatic carbocycles. The summed E-state index contributed by atoms with van der Waals surface area (Å²) in [6.45, 7) is 4.85. The first kappa shape index (κ1) is 13.7. The molecule has 2 rings (SSSR count). The third-order valence-electron chi connectivity index (χ3n) is 2.66. The number of rotatable bonds is 4. The summed E-state index contributed by atoms with van der Waals surface area (Å²) >= 11 is 5.75. The number of halogens is 2. The Morgan fingerprint density at radius 2 is 2.21 bits per heavy atom. The molecule has 5 heteroatoms. The summed E-state index contributed by atoms with van der Waals surface area (Å²) in [6.07, 6.45) is 2.44. The Morgan fingerprint density at radius 1 is 1.47 bits per heavy atom. The van der Waals surface area contributed by atoms with E-state index in [4.69, 9.17) is 11.6 Å². The van der Waals surface area contributed by atoms with Crippen LogP contribution in [0.2, 0.25) is 5.02 Å². The van der Waals surface area contributed by atoms with Crippen LogP contribution in [0, 0.1) is 11.7 Å². The van der Waals surface area contributed by atoms with Crippen LogP contribution < -0.4 is 0 Å². The van der Waals surface area contributed by atoms with Gasteiger partial charge in [0.25, 0.3) is 0 Å². The van der Waals surface area contributed by atoms with Crippen LogP contribution in [0.25, 0.3) is 11.3 Å². The molecule has 0 N–H and O–H groups in total. The predicted molar refractivity (Wildman–Crippen MR) is 72.9 cm³/mol. The molecule has 0 saturated heterocycles. The van der Waals surface area contributed by atoms with E-state index in [0.29, 0.717) is 22.7 Å². The van der Waals surface area contributed by atoms with E-state index in [0.717, 1.165) is 12.8 Å². The quantitative estimate of drug-likeness (QED) is 0.798. The van der Waals surface area contributed by atoms with E-state index in [1.807, 2.05) is 0 Å². The van der Waals surface area contributed by atoms with Gasteiger partial charge in [-0.25, -0.2) is 4.39 Å². The van der Waals surface area contributed by atoms with Crippen molar-refractivity contribution in [3.05, 3.63) is 40.8 Å². The normalized spacial score (nSPS) is 11.0. The second kappa shape index (κ2) is 5.53. The van der Waals surface area contributed by atoms with Gasteiger partial charge < -0.3 is 0 Å². The SMILES string of the molecule is CC(C)Cn1cc(C=O)c(-c2ccc(F)c(Cl)c2)n1. The van der Waals surface area contributed by atoms with Crippen molar-refractivity contribution in [2.24, 2.45) is 5.92 Å². The largest absolute Gasteiger partial charge is 0.298 e. The lowest BCUT2D eigenvalue weighted by atomic mass is 10.1. The Kier molecular flexibility index (Phi) is 4.00. The van der Waals surface area contributed by atoms with E-state index in [2.05, 4.69) is 18.9 Å². The summed E-state index contributed by atoms with van der Waals surface area (Å²) in [5, 5.41) is 4.39. The smallest absolute Gasteiger partial charge is 0.153 e. The van der Waals surface area contributed by atoms with Gasteiger partial charge in [-0.2, -0.15) is 5.10 Å². The predicted octanol–water partition coefficient (Wildman–Crippen LogP) is 3.81. The van der Waals surface area contributed by atoms with Crippen molar-refractivity contribution >= 4 is 17.9 Å². The van der Waals surface area contributed by atoms with Gasteiger partial charge in [0.15, 0.2) is 6.29 Å². The molecule has 2 aromatic rings. The lowest BCUT2D eigenvalue weighted by Crippen LogP contribution is -2.04. The van der Waals surface area contributed by atoms with Crippen molar-refractivity contribution in [3.8, 4) is 11.3 Å². The standard InChI is InChI=1S/C14H14ClFN2O/c1-9(2)6-18-7-11(8-19)14(17-18)10-3-4-13(16)12(15)5-10/h3-5,7-9H,6H2,1-2H3. The molecule has 0 spiro atoms. The lowest BCUT2D eigenvalue weighted by Gasteiger charge is -2.04. The summed E-state index contributed by atoms with van der Waals surface area (Å²) in [5.74, 6) is -0.0660. The average molecular weight is 281 g/mol. The lowest BCUT2D eigenvalue weighted by molar-refractivity contribution is 0.112. The topological polar surface area (TPSA) is 34.9 Å². The molecular weight excluding hydrogens is 267 g/mol. The maximum Gasteiger partial charge on any atom is 0.153 e. The van der Waals surface area contributed by atoms with Gasteiger partial charge in [-0.1, -0.05) is 25.4 Å². The molecule has 0 radical (unpaired) electrons. The van der Waals surface area contributed by atoms with Crippen molar-refractivity contribution in [1.29, 1.82) is 0 Å². The Morgan fingerprint density at radius 3 is 2.79 bits per heavy atom. The van der Waals surface area contributed by atoms with E-state index in [9.17, 15) is 9.18 Å². The summed E-state index contributed by atoms with van der Waals surface area (Å²) in [7, 11) is 0. The van der Waals surface area contributed by atoms with Crippen molar-refractivity contribution in [1.82, 2.24) is 9.78 Å². The molecule has 0 fully saturated rings. The van der Waals surface area contributed by atoms with Gasteiger partial charge in [0.1, 0.15) is 11.5 Å². The summed E-state index contributed by atoms with van der Waals surface area (Å²) in [5.41, 5.74) is 1.64. The number of aldehydes is 1. The second-order valence-corrected chi connectivity index (χ2v) is 5.20. The van der Waals surface area contributed by atoms with Crippen molar-refractivity contribution < 1.29 is 9.18 Å². The number of aromatic nitrogens is 2. The van der Waals surface area contributed by atoms with Crippen LogP contribution in [0.1, 0.15) is 24.2 Å². The zero-order chi connectivity index (χ0) is 14.0. The molecule has 0 aliphatic rings. The minimum atomic E-state index is -0.486. The zero-order valence-corrected chi connectivity index (χ0v) is 11.5. The maximum absolute atomic E-state index is 13.1. The molecule has 0 bridgehead atoms. The van der Waals surface area contributed by atoms with Crippen molar-refractivity contribution in [2.45, 2.75) is 20.4 Å². The third kappa shape index (κ3) is 3.01. The van der Waals surface area contributed by atoms with Crippen LogP contribution >= 0.6 is 11.6 Å². The van der Waals surface area contributed by atoms with Crippen LogP contribution in [0.3, 0.4) is 0 Å². The molecule has 0 aliphatic carbocycles. The summed E-state index contributed by atoms with van der Waals surface area (Å²) < 4.78 is 14.9. The van der Waals surface area contributed by atoms with Gasteiger partial charge in [0.2, 0.25) is 0 Å². The molecule has 0 atom stereocenters.